The van der Waals surface area contributed by atoms with E-state index in [1.807, 2.05) is 11.7 Å². The number of fused-ring (bicyclic) bond motifs is 1. The molecule has 5 heteroatoms. The maximum atomic E-state index is 6.45. The van der Waals surface area contributed by atoms with E-state index < -0.39 is 0 Å². The van der Waals surface area contributed by atoms with Crippen molar-refractivity contribution in [2.75, 3.05) is 19.6 Å². The van der Waals surface area contributed by atoms with Gasteiger partial charge in [-0.15, -0.1) is 0 Å². The highest BCUT2D eigenvalue weighted by molar-refractivity contribution is 6.31. The van der Waals surface area contributed by atoms with Gasteiger partial charge >= 0.3 is 0 Å². The first-order valence-corrected chi connectivity index (χ1v) is 7.64. The average molecular weight is 283 g/mol. The van der Waals surface area contributed by atoms with Crippen LogP contribution >= 0.6 is 11.6 Å². The van der Waals surface area contributed by atoms with E-state index in [4.69, 9.17) is 11.6 Å². The van der Waals surface area contributed by atoms with Gasteiger partial charge in [0.25, 0.3) is 0 Å². The van der Waals surface area contributed by atoms with E-state index >= 15 is 0 Å². The van der Waals surface area contributed by atoms with Crippen LogP contribution in [0.15, 0.2) is 0 Å². The van der Waals surface area contributed by atoms with Crippen molar-refractivity contribution in [3.05, 3.63) is 16.4 Å². The van der Waals surface area contributed by atoms with Gasteiger partial charge in [0.15, 0.2) is 0 Å². The highest BCUT2D eigenvalue weighted by Crippen LogP contribution is 2.34. The fourth-order valence-corrected chi connectivity index (χ4v) is 4.00. The second-order valence-corrected chi connectivity index (χ2v) is 6.31. The summed E-state index contributed by atoms with van der Waals surface area (Å²) in [6.07, 6.45) is 0.900. The molecule has 1 aromatic rings. The lowest BCUT2D eigenvalue weighted by Crippen LogP contribution is -2.33. The maximum Gasteiger partial charge on any atom is 0.0863 e. The van der Waals surface area contributed by atoms with Crippen LogP contribution in [0.3, 0.4) is 0 Å². The Morgan fingerprint density at radius 1 is 1.42 bits per heavy atom. The maximum absolute atomic E-state index is 6.45. The summed E-state index contributed by atoms with van der Waals surface area (Å²) in [6.45, 7) is 8.90. The standard InChI is InChI=1S/C14H23ClN4/c1-4-12-14(15)13(18(3)17-12)8-19-7-10-5-16-6-11(10)9(19)2/h9-11,16H,4-8H2,1-3H3. The van der Waals surface area contributed by atoms with E-state index in [1.165, 1.54) is 25.3 Å². The number of likely N-dealkylation sites (tertiary alicyclic amines) is 1. The molecule has 3 unspecified atom stereocenters. The third kappa shape index (κ3) is 2.20. The van der Waals surface area contributed by atoms with Crippen molar-refractivity contribution < 1.29 is 0 Å². The molecule has 4 nitrogen and oxygen atoms in total. The van der Waals surface area contributed by atoms with Gasteiger partial charge in [-0.1, -0.05) is 18.5 Å². The molecule has 3 heterocycles. The Morgan fingerprint density at radius 2 is 2.21 bits per heavy atom. The van der Waals surface area contributed by atoms with E-state index in [9.17, 15) is 0 Å². The van der Waals surface area contributed by atoms with Crippen molar-refractivity contribution in [3.8, 4) is 0 Å². The van der Waals surface area contributed by atoms with E-state index in [0.717, 1.165) is 35.5 Å². The summed E-state index contributed by atoms with van der Waals surface area (Å²) in [5, 5.41) is 8.89. The lowest BCUT2D eigenvalue weighted by atomic mass is 9.95. The lowest BCUT2D eigenvalue weighted by molar-refractivity contribution is 0.226. The number of rotatable bonds is 3. The topological polar surface area (TPSA) is 33.1 Å². The van der Waals surface area contributed by atoms with Crippen LogP contribution in [0.5, 0.6) is 0 Å². The van der Waals surface area contributed by atoms with Crippen molar-refractivity contribution in [3.63, 3.8) is 0 Å². The first-order chi connectivity index (χ1) is 9.11. The summed E-state index contributed by atoms with van der Waals surface area (Å²) in [4.78, 5) is 2.57. The molecule has 3 atom stereocenters. The molecule has 0 radical (unpaired) electrons. The van der Waals surface area contributed by atoms with Crippen molar-refractivity contribution in [2.45, 2.75) is 32.9 Å². The van der Waals surface area contributed by atoms with Crippen molar-refractivity contribution in [1.82, 2.24) is 20.0 Å². The van der Waals surface area contributed by atoms with Crippen molar-refractivity contribution >= 4 is 11.6 Å². The van der Waals surface area contributed by atoms with Gasteiger partial charge < -0.3 is 5.32 Å². The minimum absolute atomic E-state index is 0.635. The van der Waals surface area contributed by atoms with Crippen LogP contribution in [0.2, 0.25) is 5.02 Å². The first-order valence-electron chi connectivity index (χ1n) is 7.26. The molecule has 0 aliphatic carbocycles. The minimum atomic E-state index is 0.635. The van der Waals surface area contributed by atoms with E-state index in [1.54, 1.807) is 0 Å². The van der Waals surface area contributed by atoms with Crippen molar-refractivity contribution in [1.29, 1.82) is 0 Å². The average Bonchev–Trinajstić information content (AvgIpc) is 3.02. The number of aryl methyl sites for hydroxylation is 2. The summed E-state index contributed by atoms with van der Waals surface area (Å²) < 4.78 is 1.96. The number of hydrogen-bond donors (Lipinski definition) is 1. The molecule has 2 aliphatic rings. The number of nitrogens with one attached hydrogen (secondary N) is 1. The molecule has 0 saturated carbocycles. The molecule has 0 amide bonds. The van der Waals surface area contributed by atoms with Gasteiger partial charge in [0, 0.05) is 26.2 Å². The molecule has 0 bridgehead atoms. The van der Waals surface area contributed by atoms with Gasteiger partial charge in [-0.2, -0.15) is 5.10 Å². The predicted molar refractivity (Wildman–Crippen MR) is 77.3 cm³/mol. The third-order valence-corrected chi connectivity index (χ3v) is 5.35. The first kappa shape index (κ1) is 13.4. The number of aromatic nitrogens is 2. The fourth-order valence-electron chi connectivity index (χ4n) is 3.65. The molecule has 0 spiro atoms. The molecule has 2 fully saturated rings. The Bertz CT molecular complexity index is 470. The zero-order valence-electron chi connectivity index (χ0n) is 12.0. The molecule has 3 rings (SSSR count). The quantitative estimate of drug-likeness (QED) is 0.916. The van der Waals surface area contributed by atoms with E-state index in [0.29, 0.717) is 6.04 Å². The summed E-state index contributed by atoms with van der Waals surface area (Å²) in [5.74, 6) is 1.62. The fraction of sp³-hybridized carbons (Fsp3) is 0.786. The van der Waals surface area contributed by atoms with Gasteiger partial charge in [-0.25, -0.2) is 0 Å². The third-order valence-electron chi connectivity index (χ3n) is 4.91. The second-order valence-electron chi connectivity index (χ2n) is 5.94. The summed E-state index contributed by atoms with van der Waals surface area (Å²) in [6, 6.07) is 0.635. The molecule has 0 aromatic carbocycles. The van der Waals surface area contributed by atoms with Crippen LogP contribution in [0.4, 0.5) is 0 Å². The number of hydrogen-bond acceptors (Lipinski definition) is 3. The smallest absolute Gasteiger partial charge is 0.0863 e. The molecule has 2 saturated heterocycles. The van der Waals surface area contributed by atoms with Crippen LogP contribution < -0.4 is 5.32 Å². The molecule has 2 aliphatic heterocycles. The summed E-state index contributed by atoms with van der Waals surface area (Å²) in [5.41, 5.74) is 2.19. The Hall–Kier alpha value is -0.580. The monoisotopic (exact) mass is 282 g/mol. The Balaban J connectivity index is 1.77. The molecule has 19 heavy (non-hydrogen) atoms. The zero-order chi connectivity index (χ0) is 13.6. The van der Waals surface area contributed by atoms with Gasteiger partial charge in [0.2, 0.25) is 0 Å². The van der Waals surface area contributed by atoms with Gasteiger partial charge in [0.05, 0.1) is 16.4 Å². The SMILES string of the molecule is CCc1nn(C)c(CN2CC3CNCC3C2C)c1Cl. The number of nitrogens with zero attached hydrogens (tertiary/aromatic N) is 3. The van der Waals surface area contributed by atoms with E-state index in [-0.39, 0.29) is 0 Å². The van der Waals surface area contributed by atoms with Gasteiger partial charge in [-0.3, -0.25) is 9.58 Å². The summed E-state index contributed by atoms with van der Waals surface area (Å²) in [7, 11) is 2.00. The van der Waals surface area contributed by atoms with Crippen LogP contribution in [-0.2, 0) is 20.0 Å². The van der Waals surface area contributed by atoms with Crippen LogP contribution in [0, 0.1) is 11.8 Å². The predicted octanol–water partition coefficient (Wildman–Crippen LogP) is 1.68. The van der Waals surface area contributed by atoms with Gasteiger partial charge in [0.1, 0.15) is 0 Å². The highest BCUT2D eigenvalue weighted by Gasteiger charge is 2.41. The van der Waals surface area contributed by atoms with Crippen LogP contribution in [-0.4, -0.2) is 40.4 Å². The molecular formula is C14H23ClN4. The second kappa shape index (κ2) is 5.08. The molecule has 106 valence electrons. The molecule has 1 aromatic heterocycles. The van der Waals surface area contributed by atoms with E-state index in [2.05, 4.69) is 29.2 Å². The van der Waals surface area contributed by atoms with Crippen LogP contribution in [0.25, 0.3) is 0 Å². The zero-order valence-corrected chi connectivity index (χ0v) is 12.7. The lowest BCUT2D eigenvalue weighted by Gasteiger charge is -2.24. The summed E-state index contributed by atoms with van der Waals surface area (Å²) >= 11 is 6.45. The normalized spacial score (nSPS) is 31.1. The molecular weight excluding hydrogens is 260 g/mol. The number of halogens is 1. The Labute approximate surface area is 120 Å². The van der Waals surface area contributed by atoms with Gasteiger partial charge in [-0.05, 0) is 38.3 Å². The minimum Gasteiger partial charge on any atom is -0.316 e. The molecule has 1 N–H and O–H groups in total. The largest absolute Gasteiger partial charge is 0.316 e. The Morgan fingerprint density at radius 3 is 2.84 bits per heavy atom. The highest BCUT2D eigenvalue weighted by atomic mass is 35.5. The Kier molecular flexibility index (Phi) is 3.58. The van der Waals surface area contributed by atoms with Crippen LogP contribution in [0.1, 0.15) is 25.2 Å². The van der Waals surface area contributed by atoms with Crippen molar-refractivity contribution in [2.24, 2.45) is 18.9 Å².